The van der Waals surface area contributed by atoms with Crippen LogP contribution in [0.5, 0.6) is 0 Å². The summed E-state index contributed by atoms with van der Waals surface area (Å²) in [7, 11) is 0. The van der Waals surface area contributed by atoms with Gasteiger partial charge in [-0.2, -0.15) is 0 Å². The molecule has 1 heterocycles. The van der Waals surface area contributed by atoms with E-state index in [1.165, 1.54) is 21.3 Å². The average Bonchev–Trinajstić information content (AvgIpc) is 2.75. The molecule has 2 N–H and O–H groups in total. The van der Waals surface area contributed by atoms with Crippen molar-refractivity contribution >= 4 is 34.2 Å². The zero-order valence-electron chi connectivity index (χ0n) is 10.1. The first-order chi connectivity index (χ1) is 8.15. The minimum Gasteiger partial charge on any atom is -0.327 e. The van der Waals surface area contributed by atoms with Crippen LogP contribution in [0.1, 0.15) is 18.4 Å². The molecule has 1 aromatic rings. The molecule has 1 aromatic carbocycles. The highest BCUT2D eigenvalue weighted by Gasteiger charge is 2.18. The first kappa shape index (κ1) is 12.8. The summed E-state index contributed by atoms with van der Waals surface area (Å²) >= 11 is 2.28. The van der Waals surface area contributed by atoms with Crippen molar-refractivity contribution < 1.29 is 9.69 Å². The molecule has 0 unspecified atom stereocenters. The minimum absolute atomic E-state index is 0.131. The predicted octanol–water partition coefficient (Wildman–Crippen LogP) is 1.22. The Labute approximate surface area is 116 Å². The molecule has 0 spiro atoms. The third kappa shape index (κ3) is 3.67. The van der Waals surface area contributed by atoms with Crippen molar-refractivity contribution in [2.75, 3.05) is 25.0 Å². The second-order valence-electron chi connectivity index (χ2n) is 4.64. The standard InChI is InChI=1S/C13H17IN2O/c1-10-8-11(14)4-5-12(10)15-13(17)9-16-6-2-3-7-16/h4-5,8H,2-3,6-7,9H2,1H3,(H,15,17)/p+1. The van der Waals surface area contributed by atoms with Crippen LogP contribution in [0.15, 0.2) is 18.2 Å². The Morgan fingerprint density at radius 1 is 1.41 bits per heavy atom. The van der Waals surface area contributed by atoms with Crippen molar-refractivity contribution in [1.82, 2.24) is 0 Å². The molecule has 4 heteroatoms. The van der Waals surface area contributed by atoms with Crippen LogP contribution in [0.4, 0.5) is 5.69 Å². The SMILES string of the molecule is Cc1cc(I)ccc1NC(=O)C[NH+]1CCCC1. The van der Waals surface area contributed by atoms with Crippen molar-refractivity contribution in [3.8, 4) is 0 Å². The maximum atomic E-state index is 11.9. The lowest BCUT2D eigenvalue weighted by atomic mass is 10.2. The smallest absolute Gasteiger partial charge is 0.279 e. The monoisotopic (exact) mass is 345 g/mol. The summed E-state index contributed by atoms with van der Waals surface area (Å²) in [6.45, 7) is 4.91. The van der Waals surface area contributed by atoms with Gasteiger partial charge in [0, 0.05) is 22.1 Å². The maximum Gasteiger partial charge on any atom is 0.279 e. The molecule has 0 aliphatic carbocycles. The highest BCUT2D eigenvalue weighted by molar-refractivity contribution is 14.1. The second kappa shape index (κ2) is 5.82. The normalized spacial score (nSPS) is 16.1. The maximum absolute atomic E-state index is 11.9. The number of anilines is 1. The van der Waals surface area contributed by atoms with Crippen LogP contribution < -0.4 is 10.2 Å². The van der Waals surface area contributed by atoms with E-state index in [1.54, 1.807) is 0 Å². The van der Waals surface area contributed by atoms with Gasteiger partial charge in [-0.3, -0.25) is 4.79 Å². The summed E-state index contributed by atoms with van der Waals surface area (Å²) < 4.78 is 1.20. The first-order valence-corrected chi connectivity index (χ1v) is 7.12. The van der Waals surface area contributed by atoms with E-state index in [0.717, 1.165) is 24.3 Å². The molecule has 0 saturated carbocycles. The van der Waals surface area contributed by atoms with E-state index in [4.69, 9.17) is 0 Å². The third-order valence-corrected chi connectivity index (χ3v) is 3.85. The zero-order valence-corrected chi connectivity index (χ0v) is 12.2. The largest absolute Gasteiger partial charge is 0.327 e. The summed E-state index contributed by atoms with van der Waals surface area (Å²) in [5.74, 6) is 0.131. The molecule has 92 valence electrons. The summed E-state index contributed by atoms with van der Waals surface area (Å²) in [4.78, 5) is 13.3. The van der Waals surface area contributed by atoms with Crippen LogP contribution in [0.25, 0.3) is 0 Å². The van der Waals surface area contributed by atoms with E-state index in [-0.39, 0.29) is 5.91 Å². The number of nitrogens with one attached hydrogen (secondary N) is 2. The van der Waals surface area contributed by atoms with Gasteiger partial charge in [0.1, 0.15) is 0 Å². The van der Waals surface area contributed by atoms with E-state index >= 15 is 0 Å². The Balaban J connectivity index is 1.93. The van der Waals surface area contributed by atoms with E-state index in [1.807, 2.05) is 19.1 Å². The highest BCUT2D eigenvalue weighted by atomic mass is 127. The summed E-state index contributed by atoms with van der Waals surface area (Å²) in [6, 6.07) is 6.08. The van der Waals surface area contributed by atoms with Gasteiger partial charge in [-0.15, -0.1) is 0 Å². The number of hydrogen-bond acceptors (Lipinski definition) is 1. The van der Waals surface area contributed by atoms with Crippen LogP contribution in [0, 0.1) is 10.5 Å². The zero-order chi connectivity index (χ0) is 12.3. The molecule has 1 amide bonds. The predicted molar refractivity (Wildman–Crippen MR) is 77.3 cm³/mol. The second-order valence-corrected chi connectivity index (χ2v) is 5.89. The molecule has 17 heavy (non-hydrogen) atoms. The topological polar surface area (TPSA) is 33.5 Å². The molecule has 1 saturated heterocycles. The Bertz CT molecular complexity index is 414. The fourth-order valence-electron chi connectivity index (χ4n) is 2.24. The molecule has 0 bridgehead atoms. The van der Waals surface area contributed by atoms with Crippen LogP contribution in [0.2, 0.25) is 0 Å². The van der Waals surface area contributed by atoms with Gasteiger partial charge >= 0.3 is 0 Å². The highest BCUT2D eigenvalue weighted by Crippen LogP contribution is 2.17. The van der Waals surface area contributed by atoms with Gasteiger partial charge in [-0.25, -0.2) is 0 Å². The molecule has 0 atom stereocenters. The van der Waals surface area contributed by atoms with Gasteiger partial charge in [0.05, 0.1) is 13.1 Å². The Morgan fingerprint density at radius 3 is 2.76 bits per heavy atom. The number of benzene rings is 1. The number of quaternary nitrogens is 1. The van der Waals surface area contributed by atoms with Crippen LogP contribution in [-0.4, -0.2) is 25.5 Å². The van der Waals surface area contributed by atoms with Crippen molar-refractivity contribution in [3.63, 3.8) is 0 Å². The third-order valence-electron chi connectivity index (χ3n) is 3.18. The minimum atomic E-state index is 0.131. The lowest BCUT2D eigenvalue weighted by Gasteiger charge is -2.13. The van der Waals surface area contributed by atoms with E-state index in [0.29, 0.717) is 6.54 Å². The summed E-state index contributed by atoms with van der Waals surface area (Å²) in [6.07, 6.45) is 2.51. The molecule has 0 radical (unpaired) electrons. The number of hydrogen-bond donors (Lipinski definition) is 2. The van der Waals surface area contributed by atoms with Crippen molar-refractivity contribution in [3.05, 3.63) is 27.3 Å². The van der Waals surface area contributed by atoms with Crippen molar-refractivity contribution in [1.29, 1.82) is 0 Å². The first-order valence-electron chi connectivity index (χ1n) is 6.05. The number of rotatable bonds is 3. The lowest BCUT2D eigenvalue weighted by molar-refractivity contribution is -0.878. The number of carbonyl (C=O) groups excluding carboxylic acids is 1. The van der Waals surface area contributed by atoms with Gasteiger partial charge < -0.3 is 10.2 Å². The molecule has 1 fully saturated rings. The number of aryl methyl sites for hydroxylation is 1. The van der Waals surface area contributed by atoms with Gasteiger partial charge in [0.2, 0.25) is 0 Å². The van der Waals surface area contributed by atoms with Crippen LogP contribution in [-0.2, 0) is 4.79 Å². The van der Waals surface area contributed by atoms with Gasteiger partial charge in [-0.1, -0.05) is 0 Å². The fourth-order valence-corrected chi connectivity index (χ4v) is 2.89. The Kier molecular flexibility index (Phi) is 4.39. The van der Waals surface area contributed by atoms with Gasteiger partial charge in [0.25, 0.3) is 5.91 Å². The van der Waals surface area contributed by atoms with Crippen molar-refractivity contribution in [2.45, 2.75) is 19.8 Å². The van der Waals surface area contributed by atoms with Crippen LogP contribution in [0.3, 0.4) is 0 Å². The van der Waals surface area contributed by atoms with Gasteiger partial charge in [-0.05, 0) is 53.3 Å². The molecular formula is C13H18IN2O+. The fraction of sp³-hybridized carbons (Fsp3) is 0.462. The molecule has 0 aromatic heterocycles. The molecule has 3 nitrogen and oxygen atoms in total. The molecule has 1 aliphatic rings. The molecule has 1 aliphatic heterocycles. The molecule has 2 rings (SSSR count). The van der Waals surface area contributed by atoms with E-state index in [9.17, 15) is 4.79 Å². The Hall–Kier alpha value is -0.620. The number of halogens is 1. The quantitative estimate of drug-likeness (QED) is 0.794. The van der Waals surface area contributed by atoms with Gasteiger partial charge in [0.15, 0.2) is 6.54 Å². The van der Waals surface area contributed by atoms with E-state index < -0.39 is 0 Å². The molecular weight excluding hydrogens is 327 g/mol. The summed E-state index contributed by atoms with van der Waals surface area (Å²) in [5.41, 5.74) is 2.07. The number of amides is 1. The lowest BCUT2D eigenvalue weighted by Crippen LogP contribution is -3.11. The van der Waals surface area contributed by atoms with Crippen LogP contribution >= 0.6 is 22.6 Å². The van der Waals surface area contributed by atoms with Crippen molar-refractivity contribution in [2.24, 2.45) is 0 Å². The average molecular weight is 345 g/mol. The van der Waals surface area contributed by atoms with E-state index in [2.05, 4.69) is 34.0 Å². The number of likely N-dealkylation sites (tertiary alicyclic amines) is 1. The summed E-state index contributed by atoms with van der Waals surface area (Å²) in [5, 5.41) is 3.00. The Morgan fingerprint density at radius 2 is 2.12 bits per heavy atom. The number of carbonyl (C=O) groups is 1.